The third kappa shape index (κ3) is 4.05. The van der Waals surface area contributed by atoms with Crippen LogP contribution in [0.1, 0.15) is 71.4 Å². The molecule has 0 radical (unpaired) electrons. The lowest BCUT2D eigenvalue weighted by Gasteiger charge is -2.35. The molecule has 0 spiro atoms. The number of aromatic nitrogens is 4. The van der Waals surface area contributed by atoms with Gasteiger partial charge in [0.05, 0.1) is 23.5 Å². The maximum Gasteiger partial charge on any atom is 0.435 e. The van der Waals surface area contributed by atoms with E-state index in [4.69, 9.17) is 0 Å². The highest BCUT2D eigenvalue weighted by Crippen LogP contribution is 2.34. The number of carbonyl (C=O) groups excluding carboxylic acids is 2. The van der Waals surface area contributed by atoms with E-state index in [9.17, 15) is 22.8 Å². The molecule has 2 amide bonds. The van der Waals surface area contributed by atoms with E-state index in [-0.39, 0.29) is 11.6 Å². The smallest absolute Gasteiger partial charge is 0.339 e. The van der Waals surface area contributed by atoms with Gasteiger partial charge in [0.25, 0.3) is 11.8 Å². The number of likely N-dealkylation sites (tertiary alicyclic amines) is 1. The van der Waals surface area contributed by atoms with Crippen molar-refractivity contribution in [1.82, 2.24) is 29.8 Å². The molecule has 30 heavy (non-hydrogen) atoms. The maximum absolute atomic E-state index is 13.2. The van der Waals surface area contributed by atoms with E-state index in [2.05, 4.69) is 15.3 Å². The van der Waals surface area contributed by atoms with Crippen LogP contribution >= 0.6 is 0 Å². The second-order valence-corrected chi connectivity index (χ2v) is 7.22. The molecule has 3 rings (SSSR count). The van der Waals surface area contributed by atoms with Gasteiger partial charge < -0.3 is 9.80 Å². The van der Waals surface area contributed by atoms with Crippen molar-refractivity contribution in [3.05, 3.63) is 34.9 Å². The SMILES string of the molecule is CCN(CC)C(=O)c1cn[nH]c1[C@H]1CCCCN1C(=O)c1cc(C(F)(F)F)nn1C. The number of aromatic amines is 1. The summed E-state index contributed by atoms with van der Waals surface area (Å²) in [5.41, 5.74) is -0.367. The summed E-state index contributed by atoms with van der Waals surface area (Å²) in [6, 6.07) is 0.288. The van der Waals surface area contributed by atoms with Crippen LogP contribution in [0, 0.1) is 0 Å². The van der Waals surface area contributed by atoms with Crippen LogP contribution in [0.4, 0.5) is 13.2 Å². The van der Waals surface area contributed by atoms with E-state index < -0.39 is 23.8 Å². The maximum atomic E-state index is 13.2. The minimum absolute atomic E-state index is 0.148. The minimum atomic E-state index is -4.63. The largest absolute Gasteiger partial charge is 0.435 e. The number of hydrogen-bond acceptors (Lipinski definition) is 4. The Bertz CT molecular complexity index is 916. The summed E-state index contributed by atoms with van der Waals surface area (Å²) in [4.78, 5) is 29.2. The van der Waals surface area contributed by atoms with Crippen LogP contribution in [0.2, 0.25) is 0 Å². The zero-order chi connectivity index (χ0) is 22.1. The minimum Gasteiger partial charge on any atom is -0.339 e. The fourth-order valence-corrected chi connectivity index (χ4v) is 3.83. The van der Waals surface area contributed by atoms with Gasteiger partial charge in [0.15, 0.2) is 5.69 Å². The molecule has 1 aliphatic heterocycles. The molecule has 0 bridgehead atoms. The summed E-state index contributed by atoms with van der Waals surface area (Å²) in [5, 5.41) is 10.3. The molecular weight excluding hydrogens is 401 g/mol. The molecule has 1 saturated heterocycles. The predicted molar refractivity (Wildman–Crippen MR) is 102 cm³/mol. The summed E-state index contributed by atoms with van der Waals surface area (Å²) in [5.74, 6) is -0.748. The highest BCUT2D eigenvalue weighted by Gasteiger charge is 2.38. The van der Waals surface area contributed by atoms with Gasteiger partial charge in [-0.05, 0) is 33.1 Å². The van der Waals surface area contributed by atoms with Crippen molar-refractivity contribution < 1.29 is 22.8 Å². The Labute approximate surface area is 172 Å². The number of amides is 2. The van der Waals surface area contributed by atoms with Gasteiger partial charge in [-0.25, -0.2) is 0 Å². The van der Waals surface area contributed by atoms with E-state index >= 15 is 0 Å². The molecule has 1 aliphatic rings. The van der Waals surface area contributed by atoms with Crippen LogP contribution in [0.25, 0.3) is 0 Å². The second kappa shape index (κ2) is 8.49. The number of halogens is 3. The second-order valence-electron chi connectivity index (χ2n) is 7.22. The summed E-state index contributed by atoms with van der Waals surface area (Å²) in [6.45, 7) is 5.18. The molecule has 3 heterocycles. The van der Waals surface area contributed by atoms with Gasteiger partial charge in [0.2, 0.25) is 0 Å². The zero-order valence-electron chi connectivity index (χ0n) is 17.2. The van der Waals surface area contributed by atoms with Crippen molar-refractivity contribution in [2.75, 3.05) is 19.6 Å². The van der Waals surface area contributed by atoms with E-state index in [0.717, 1.165) is 23.6 Å². The van der Waals surface area contributed by atoms with Gasteiger partial charge in [0, 0.05) is 32.7 Å². The first-order chi connectivity index (χ1) is 14.2. The first kappa shape index (κ1) is 21.8. The van der Waals surface area contributed by atoms with E-state index in [1.807, 2.05) is 13.8 Å². The van der Waals surface area contributed by atoms with Crippen molar-refractivity contribution in [2.24, 2.45) is 7.05 Å². The van der Waals surface area contributed by atoms with Crippen LogP contribution in [0.5, 0.6) is 0 Å². The molecule has 11 heteroatoms. The third-order valence-electron chi connectivity index (χ3n) is 5.44. The highest BCUT2D eigenvalue weighted by atomic mass is 19.4. The highest BCUT2D eigenvalue weighted by molar-refractivity contribution is 5.96. The van der Waals surface area contributed by atoms with Gasteiger partial charge in [-0.15, -0.1) is 0 Å². The van der Waals surface area contributed by atoms with Crippen molar-refractivity contribution in [1.29, 1.82) is 0 Å². The first-order valence-electron chi connectivity index (χ1n) is 9.93. The van der Waals surface area contributed by atoms with E-state index in [1.165, 1.54) is 18.1 Å². The topological polar surface area (TPSA) is 87.1 Å². The van der Waals surface area contributed by atoms with Crippen LogP contribution in [0.3, 0.4) is 0 Å². The predicted octanol–water partition coefficient (Wildman–Crippen LogP) is 3.01. The molecule has 1 fully saturated rings. The standard InChI is InChI=1S/C19H25F3N6O2/c1-4-27(5-2)17(29)12-11-23-24-16(12)13-8-6-7-9-28(13)18(30)14-10-15(19(20,21)22)25-26(14)3/h10-11,13H,4-9H2,1-3H3,(H,23,24)/t13-/m1/s1. The van der Waals surface area contributed by atoms with E-state index in [1.54, 1.807) is 4.90 Å². The molecule has 8 nitrogen and oxygen atoms in total. The van der Waals surface area contributed by atoms with Crippen molar-refractivity contribution in [3.63, 3.8) is 0 Å². The molecule has 0 saturated carbocycles. The number of rotatable bonds is 5. The van der Waals surface area contributed by atoms with Crippen molar-refractivity contribution in [3.8, 4) is 0 Å². The third-order valence-corrected chi connectivity index (χ3v) is 5.44. The molecular formula is C19H25F3N6O2. The Morgan fingerprint density at radius 3 is 2.57 bits per heavy atom. The van der Waals surface area contributed by atoms with Crippen molar-refractivity contribution in [2.45, 2.75) is 45.3 Å². The van der Waals surface area contributed by atoms with Crippen LogP contribution in [-0.4, -0.2) is 61.2 Å². The van der Waals surface area contributed by atoms with Gasteiger partial charge in [-0.1, -0.05) is 0 Å². The monoisotopic (exact) mass is 426 g/mol. The lowest BCUT2D eigenvalue weighted by atomic mass is 9.96. The number of piperidine rings is 1. The zero-order valence-corrected chi connectivity index (χ0v) is 17.2. The lowest BCUT2D eigenvalue weighted by molar-refractivity contribution is -0.141. The number of aryl methyl sites for hydroxylation is 1. The Morgan fingerprint density at radius 2 is 1.97 bits per heavy atom. The van der Waals surface area contributed by atoms with Gasteiger partial charge in [0.1, 0.15) is 5.69 Å². The summed E-state index contributed by atoms with van der Waals surface area (Å²) in [7, 11) is 1.31. The number of hydrogen-bond donors (Lipinski definition) is 1. The molecule has 0 unspecified atom stereocenters. The fourth-order valence-electron chi connectivity index (χ4n) is 3.83. The molecule has 1 atom stereocenters. The van der Waals surface area contributed by atoms with Crippen LogP contribution in [-0.2, 0) is 13.2 Å². The Morgan fingerprint density at radius 1 is 1.27 bits per heavy atom. The van der Waals surface area contributed by atoms with Crippen LogP contribution in [0.15, 0.2) is 12.3 Å². The number of carbonyl (C=O) groups is 2. The first-order valence-corrected chi connectivity index (χ1v) is 9.93. The molecule has 164 valence electrons. The summed E-state index contributed by atoms with van der Waals surface area (Å²) < 4.78 is 40.0. The van der Waals surface area contributed by atoms with Crippen molar-refractivity contribution >= 4 is 11.8 Å². The number of nitrogens with one attached hydrogen (secondary N) is 1. The van der Waals surface area contributed by atoms with Gasteiger partial charge in [-0.3, -0.25) is 19.4 Å². The quantitative estimate of drug-likeness (QED) is 0.796. The summed E-state index contributed by atoms with van der Waals surface area (Å²) in [6.07, 6.45) is -1.06. The Hall–Kier alpha value is -2.85. The normalized spacial score (nSPS) is 17.3. The molecule has 2 aromatic rings. The van der Waals surface area contributed by atoms with Gasteiger partial charge in [-0.2, -0.15) is 23.4 Å². The van der Waals surface area contributed by atoms with Crippen LogP contribution < -0.4 is 0 Å². The summed E-state index contributed by atoms with van der Waals surface area (Å²) >= 11 is 0. The Kier molecular flexibility index (Phi) is 6.18. The fraction of sp³-hybridized carbons (Fsp3) is 0.579. The lowest BCUT2D eigenvalue weighted by Crippen LogP contribution is -2.40. The average molecular weight is 426 g/mol. The molecule has 1 N–H and O–H groups in total. The Balaban J connectivity index is 1.94. The molecule has 2 aromatic heterocycles. The average Bonchev–Trinajstić information content (AvgIpc) is 3.35. The molecule has 0 aromatic carbocycles. The number of alkyl halides is 3. The number of nitrogens with zero attached hydrogens (tertiary/aromatic N) is 5. The van der Waals surface area contributed by atoms with E-state index in [0.29, 0.717) is 37.3 Å². The van der Waals surface area contributed by atoms with Gasteiger partial charge >= 0.3 is 6.18 Å². The number of H-pyrrole nitrogens is 1. The molecule has 0 aliphatic carbocycles.